The lowest BCUT2D eigenvalue weighted by Gasteiger charge is -2.22. The molecule has 0 fully saturated rings. The number of amides is 2. The topological polar surface area (TPSA) is 102 Å². The Bertz CT molecular complexity index is 1300. The lowest BCUT2D eigenvalue weighted by molar-refractivity contribution is -0.113. The molecule has 0 saturated heterocycles. The molecule has 2 aromatic heterocycles. The minimum Gasteiger partial charge on any atom is -0.342 e. The maximum atomic E-state index is 12.8. The van der Waals surface area contributed by atoms with E-state index in [2.05, 4.69) is 32.4 Å². The number of aromatic nitrogens is 4. The second-order valence-corrected chi connectivity index (χ2v) is 10.1. The Morgan fingerprint density at radius 2 is 1.86 bits per heavy atom. The van der Waals surface area contributed by atoms with Crippen molar-refractivity contribution in [1.82, 2.24) is 25.1 Å². The van der Waals surface area contributed by atoms with Crippen LogP contribution < -0.4 is 10.6 Å². The van der Waals surface area contributed by atoms with Gasteiger partial charge in [0.1, 0.15) is 0 Å². The van der Waals surface area contributed by atoms with Gasteiger partial charge in [-0.05, 0) is 30.2 Å². The van der Waals surface area contributed by atoms with E-state index in [9.17, 15) is 9.59 Å². The van der Waals surface area contributed by atoms with Crippen molar-refractivity contribution in [3.05, 3.63) is 78.6 Å². The van der Waals surface area contributed by atoms with Crippen molar-refractivity contribution in [2.24, 2.45) is 5.92 Å². The summed E-state index contributed by atoms with van der Waals surface area (Å²) in [5.41, 5.74) is 1.43. The number of para-hydroxylation sites is 1. The highest BCUT2D eigenvalue weighted by atomic mass is 32.2. The number of carbonyl (C=O) groups excluding carboxylic acids is 2. The van der Waals surface area contributed by atoms with E-state index in [0.29, 0.717) is 28.2 Å². The molecular weight excluding hydrogens is 480 g/mol. The van der Waals surface area contributed by atoms with Crippen molar-refractivity contribution < 1.29 is 9.59 Å². The van der Waals surface area contributed by atoms with Crippen molar-refractivity contribution in [2.75, 3.05) is 11.1 Å². The number of carbonyl (C=O) groups is 2. The first-order valence-electron chi connectivity index (χ1n) is 11.1. The van der Waals surface area contributed by atoms with Gasteiger partial charge in [0.2, 0.25) is 5.91 Å². The summed E-state index contributed by atoms with van der Waals surface area (Å²) in [5.74, 6) is 0.478. The number of benzene rings is 2. The van der Waals surface area contributed by atoms with Crippen molar-refractivity contribution in [3.8, 4) is 0 Å². The minimum absolute atomic E-state index is 0.0654. The van der Waals surface area contributed by atoms with Crippen LogP contribution in [0.25, 0.3) is 10.2 Å². The molecule has 2 heterocycles. The summed E-state index contributed by atoms with van der Waals surface area (Å²) in [5, 5.41) is 15.8. The molecule has 180 valence electrons. The predicted octanol–water partition coefficient (Wildman–Crippen LogP) is 4.93. The maximum absolute atomic E-state index is 12.8. The molecule has 0 spiro atoms. The molecule has 0 bridgehead atoms. The predicted molar refractivity (Wildman–Crippen MR) is 141 cm³/mol. The number of allylic oxidation sites excluding steroid dienone is 1. The Balaban J connectivity index is 1.47. The SMILES string of the molecule is C=CCn1c(SCC(=O)Nc2nc3ccccc3s2)nnc1[C@@H](NC(=O)c1ccccc1)C(C)C. The molecule has 2 N–H and O–H groups in total. The standard InChI is InChI=1S/C25H26N6O2S2/c1-4-14-31-22(21(16(2)3)28-23(33)17-10-6-5-7-11-17)29-30-25(31)34-15-20(32)27-24-26-18-12-8-9-13-19(18)35-24/h4-13,16,21H,1,14-15H2,2-3H3,(H,28,33)(H,26,27,32)/t21-/m0/s1. The number of rotatable bonds is 10. The fourth-order valence-corrected chi connectivity index (χ4v) is 5.13. The van der Waals surface area contributed by atoms with Gasteiger partial charge in [0, 0.05) is 12.1 Å². The fraction of sp³-hybridized carbons (Fsp3) is 0.240. The molecule has 0 saturated carbocycles. The van der Waals surface area contributed by atoms with Gasteiger partial charge >= 0.3 is 0 Å². The molecule has 2 amide bonds. The Labute approximate surface area is 211 Å². The third kappa shape index (κ3) is 5.95. The molecule has 0 unspecified atom stereocenters. The van der Waals surface area contributed by atoms with Gasteiger partial charge in [-0.15, -0.1) is 16.8 Å². The second kappa shape index (κ2) is 11.3. The van der Waals surface area contributed by atoms with Gasteiger partial charge in [0.25, 0.3) is 5.91 Å². The second-order valence-electron chi connectivity index (χ2n) is 8.12. The number of hydrogen-bond donors (Lipinski definition) is 2. The molecule has 0 aliphatic heterocycles. The van der Waals surface area contributed by atoms with Crippen LogP contribution >= 0.6 is 23.1 Å². The largest absolute Gasteiger partial charge is 0.342 e. The third-order valence-electron chi connectivity index (χ3n) is 5.20. The summed E-state index contributed by atoms with van der Waals surface area (Å²) in [6, 6.07) is 16.4. The third-order valence-corrected chi connectivity index (χ3v) is 7.12. The van der Waals surface area contributed by atoms with Crippen molar-refractivity contribution >= 4 is 50.3 Å². The first-order valence-corrected chi connectivity index (χ1v) is 12.9. The summed E-state index contributed by atoms with van der Waals surface area (Å²) < 4.78 is 2.90. The summed E-state index contributed by atoms with van der Waals surface area (Å²) in [6.45, 7) is 8.33. The van der Waals surface area contributed by atoms with E-state index in [4.69, 9.17) is 0 Å². The first-order chi connectivity index (χ1) is 17.0. The molecule has 1 atom stereocenters. The molecule has 10 heteroatoms. The summed E-state index contributed by atoms with van der Waals surface area (Å²) in [6.07, 6.45) is 1.74. The average Bonchev–Trinajstić information content (AvgIpc) is 3.45. The van der Waals surface area contributed by atoms with Crippen LogP contribution in [0.15, 0.2) is 72.4 Å². The van der Waals surface area contributed by atoms with Gasteiger partial charge < -0.3 is 15.2 Å². The molecule has 35 heavy (non-hydrogen) atoms. The van der Waals surface area contributed by atoms with Gasteiger partial charge in [-0.2, -0.15) is 0 Å². The molecule has 8 nitrogen and oxygen atoms in total. The molecule has 4 rings (SSSR count). The summed E-state index contributed by atoms with van der Waals surface area (Å²) in [4.78, 5) is 29.8. The zero-order valence-corrected chi connectivity index (χ0v) is 21.1. The normalized spacial score (nSPS) is 12.0. The van der Waals surface area contributed by atoms with E-state index < -0.39 is 0 Å². The van der Waals surface area contributed by atoms with Gasteiger partial charge in [-0.25, -0.2) is 4.98 Å². The van der Waals surface area contributed by atoms with E-state index in [1.807, 2.05) is 60.9 Å². The van der Waals surface area contributed by atoms with Crippen LogP contribution in [0.5, 0.6) is 0 Å². The fourth-order valence-electron chi connectivity index (χ4n) is 3.49. The summed E-state index contributed by atoms with van der Waals surface area (Å²) in [7, 11) is 0. The van der Waals surface area contributed by atoms with Crippen LogP contribution in [0.4, 0.5) is 5.13 Å². The quantitative estimate of drug-likeness (QED) is 0.234. The Morgan fingerprint density at radius 3 is 2.57 bits per heavy atom. The average molecular weight is 507 g/mol. The zero-order chi connectivity index (χ0) is 24.8. The van der Waals surface area contributed by atoms with Crippen molar-refractivity contribution in [1.29, 1.82) is 0 Å². The number of nitrogens with zero attached hydrogens (tertiary/aromatic N) is 4. The molecular formula is C25H26N6O2S2. The van der Waals surface area contributed by atoms with Gasteiger partial charge in [-0.3, -0.25) is 9.59 Å². The monoisotopic (exact) mass is 506 g/mol. The van der Waals surface area contributed by atoms with Crippen LogP contribution in [-0.2, 0) is 11.3 Å². The number of nitrogens with one attached hydrogen (secondary N) is 2. The van der Waals surface area contributed by atoms with E-state index in [1.165, 1.54) is 23.1 Å². The molecule has 2 aromatic carbocycles. The van der Waals surface area contributed by atoms with Crippen molar-refractivity contribution in [2.45, 2.75) is 31.6 Å². The number of thiazole rings is 1. The molecule has 0 aliphatic carbocycles. The number of hydrogen-bond acceptors (Lipinski definition) is 7. The Hall–Kier alpha value is -3.50. The molecule has 4 aromatic rings. The highest BCUT2D eigenvalue weighted by Gasteiger charge is 2.26. The van der Waals surface area contributed by atoms with E-state index in [-0.39, 0.29) is 29.5 Å². The van der Waals surface area contributed by atoms with E-state index in [0.717, 1.165) is 10.2 Å². The first kappa shape index (κ1) is 24.6. The zero-order valence-electron chi connectivity index (χ0n) is 19.5. The highest BCUT2D eigenvalue weighted by molar-refractivity contribution is 7.99. The minimum atomic E-state index is -0.360. The number of thioether (sulfide) groups is 1. The lowest BCUT2D eigenvalue weighted by atomic mass is 10.0. The number of fused-ring (bicyclic) bond motifs is 1. The van der Waals surface area contributed by atoms with Gasteiger partial charge in [0.15, 0.2) is 16.1 Å². The summed E-state index contributed by atoms with van der Waals surface area (Å²) >= 11 is 2.71. The van der Waals surface area contributed by atoms with Crippen LogP contribution in [0, 0.1) is 5.92 Å². The number of anilines is 1. The van der Waals surface area contributed by atoms with Crippen LogP contribution in [0.3, 0.4) is 0 Å². The highest BCUT2D eigenvalue weighted by Crippen LogP contribution is 2.27. The van der Waals surface area contributed by atoms with Gasteiger partial charge in [-0.1, -0.05) is 73.4 Å². The van der Waals surface area contributed by atoms with E-state index >= 15 is 0 Å². The van der Waals surface area contributed by atoms with Crippen LogP contribution in [0.1, 0.15) is 36.1 Å². The molecule has 0 radical (unpaired) electrons. The van der Waals surface area contributed by atoms with Crippen LogP contribution in [0.2, 0.25) is 0 Å². The van der Waals surface area contributed by atoms with Gasteiger partial charge in [0.05, 0.1) is 22.0 Å². The van der Waals surface area contributed by atoms with Crippen molar-refractivity contribution in [3.63, 3.8) is 0 Å². The Morgan fingerprint density at radius 1 is 1.11 bits per heavy atom. The smallest absolute Gasteiger partial charge is 0.251 e. The maximum Gasteiger partial charge on any atom is 0.251 e. The van der Waals surface area contributed by atoms with E-state index in [1.54, 1.807) is 18.2 Å². The van der Waals surface area contributed by atoms with Crippen LogP contribution in [-0.4, -0.2) is 37.3 Å². The lowest BCUT2D eigenvalue weighted by Crippen LogP contribution is -2.33. The Kier molecular flexibility index (Phi) is 7.94. The molecule has 0 aliphatic rings.